The monoisotopic (exact) mass is 326 g/mol. The van der Waals surface area contributed by atoms with E-state index in [1.807, 2.05) is 0 Å². The number of rotatable bonds is 4. The summed E-state index contributed by atoms with van der Waals surface area (Å²) >= 11 is 0. The van der Waals surface area contributed by atoms with Gasteiger partial charge in [-0.1, -0.05) is 0 Å². The van der Waals surface area contributed by atoms with Gasteiger partial charge in [-0.25, -0.2) is 9.78 Å². The topological polar surface area (TPSA) is 95.5 Å². The Morgan fingerprint density at radius 3 is 2.62 bits per heavy atom. The van der Waals surface area contributed by atoms with Gasteiger partial charge in [-0.05, 0) is 43.2 Å². The van der Waals surface area contributed by atoms with E-state index >= 15 is 0 Å². The van der Waals surface area contributed by atoms with E-state index in [2.05, 4.69) is 4.98 Å². The van der Waals surface area contributed by atoms with Crippen LogP contribution in [0.15, 0.2) is 40.9 Å². The molecule has 0 N–H and O–H groups in total. The van der Waals surface area contributed by atoms with Gasteiger partial charge in [-0.15, -0.1) is 0 Å². The van der Waals surface area contributed by atoms with Crippen LogP contribution in [0.1, 0.15) is 23.0 Å². The van der Waals surface area contributed by atoms with Crippen molar-refractivity contribution in [2.24, 2.45) is 0 Å². The number of fused-ring (bicyclic) bond motifs is 1. The second-order valence-electron chi connectivity index (χ2n) is 5.10. The highest BCUT2D eigenvalue weighted by molar-refractivity contribution is 6.09. The Bertz CT molecular complexity index is 928. The number of non-ortho nitro benzene ring substituents is 1. The Kier molecular flexibility index (Phi) is 3.99. The van der Waals surface area contributed by atoms with E-state index in [1.54, 1.807) is 38.2 Å². The van der Waals surface area contributed by atoms with Crippen LogP contribution in [0.5, 0.6) is 0 Å². The number of benzene rings is 1. The van der Waals surface area contributed by atoms with Gasteiger partial charge in [-0.2, -0.15) is 0 Å². The minimum atomic E-state index is -0.482. The molecule has 24 heavy (non-hydrogen) atoms. The van der Waals surface area contributed by atoms with Crippen LogP contribution in [0.4, 0.5) is 5.69 Å². The molecule has 0 atom stereocenters. The SMILES string of the molecule is CCOC(=O)c1c(C)oc2nccc(-c3ccc([N+](=O)[O-])cc3)c12. The maximum atomic E-state index is 12.3. The van der Waals surface area contributed by atoms with E-state index in [0.717, 1.165) is 5.56 Å². The summed E-state index contributed by atoms with van der Waals surface area (Å²) in [6, 6.07) is 7.83. The summed E-state index contributed by atoms with van der Waals surface area (Å²) in [6.07, 6.45) is 1.57. The lowest BCUT2D eigenvalue weighted by Crippen LogP contribution is -2.05. The summed E-state index contributed by atoms with van der Waals surface area (Å²) in [7, 11) is 0. The van der Waals surface area contributed by atoms with Crippen LogP contribution in [0.3, 0.4) is 0 Å². The zero-order valence-electron chi connectivity index (χ0n) is 13.1. The molecule has 0 spiro atoms. The van der Waals surface area contributed by atoms with Crippen molar-refractivity contribution in [2.75, 3.05) is 6.61 Å². The van der Waals surface area contributed by atoms with E-state index in [1.165, 1.54) is 12.1 Å². The predicted molar refractivity (Wildman–Crippen MR) is 86.8 cm³/mol. The van der Waals surface area contributed by atoms with Crippen molar-refractivity contribution in [1.82, 2.24) is 4.98 Å². The van der Waals surface area contributed by atoms with Gasteiger partial charge in [0.25, 0.3) is 5.69 Å². The van der Waals surface area contributed by atoms with Gasteiger partial charge in [0, 0.05) is 18.3 Å². The van der Waals surface area contributed by atoms with E-state index < -0.39 is 10.9 Å². The molecule has 2 heterocycles. The summed E-state index contributed by atoms with van der Waals surface area (Å²) < 4.78 is 10.7. The van der Waals surface area contributed by atoms with E-state index in [9.17, 15) is 14.9 Å². The Morgan fingerprint density at radius 1 is 1.29 bits per heavy atom. The molecule has 1 aromatic carbocycles. The molecule has 0 unspecified atom stereocenters. The van der Waals surface area contributed by atoms with Crippen molar-refractivity contribution in [3.05, 3.63) is 58.0 Å². The lowest BCUT2D eigenvalue weighted by molar-refractivity contribution is -0.384. The number of carbonyl (C=O) groups excluding carboxylic acids is 1. The lowest BCUT2D eigenvalue weighted by atomic mass is 10.00. The average molecular weight is 326 g/mol. The van der Waals surface area contributed by atoms with Crippen LogP contribution in [0, 0.1) is 17.0 Å². The zero-order chi connectivity index (χ0) is 17.3. The van der Waals surface area contributed by atoms with Gasteiger partial charge in [0.15, 0.2) is 0 Å². The summed E-state index contributed by atoms with van der Waals surface area (Å²) in [4.78, 5) is 26.8. The van der Waals surface area contributed by atoms with Gasteiger partial charge >= 0.3 is 5.97 Å². The number of nitrogens with zero attached hydrogens (tertiary/aromatic N) is 2. The number of nitro benzene ring substituents is 1. The standard InChI is InChI=1S/C17H14N2O5/c1-3-23-17(20)14-10(2)24-16-15(14)13(8-9-18-16)11-4-6-12(7-5-11)19(21)22/h4-9H,3H2,1-2H3. The first-order chi connectivity index (χ1) is 11.5. The first kappa shape index (κ1) is 15.7. The number of aromatic nitrogens is 1. The van der Waals surface area contributed by atoms with Crippen molar-refractivity contribution in [3.63, 3.8) is 0 Å². The maximum Gasteiger partial charge on any atom is 0.342 e. The zero-order valence-corrected chi connectivity index (χ0v) is 13.1. The molecule has 0 saturated heterocycles. The van der Waals surface area contributed by atoms with Crippen LogP contribution < -0.4 is 0 Å². The molecular weight excluding hydrogens is 312 g/mol. The summed E-state index contributed by atoms with van der Waals surface area (Å²) in [6.45, 7) is 3.65. The Morgan fingerprint density at radius 2 is 2.00 bits per heavy atom. The third-order valence-electron chi connectivity index (χ3n) is 3.64. The molecule has 0 amide bonds. The molecule has 3 aromatic rings. The van der Waals surface area contributed by atoms with Crippen molar-refractivity contribution < 1.29 is 18.9 Å². The van der Waals surface area contributed by atoms with Crippen LogP contribution in [-0.4, -0.2) is 22.5 Å². The number of carbonyl (C=O) groups is 1. The number of pyridine rings is 1. The van der Waals surface area contributed by atoms with Crippen molar-refractivity contribution in [2.45, 2.75) is 13.8 Å². The molecule has 2 aromatic heterocycles. The lowest BCUT2D eigenvalue weighted by Gasteiger charge is -2.05. The number of furan rings is 1. The highest BCUT2D eigenvalue weighted by Gasteiger charge is 2.23. The molecular formula is C17H14N2O5. The van der Waals surface area contributed by atoms with Crippen molar-refractivity contribution in [1.29, 1.82) is 0 Å². The third kappa shape index (κ3) is 2.60. The summed E-state index contributed by atoms with van der Waals surface area (Å²) in [5.74, 6) is -0.0600. The van der Waals surface area contributed by atoms with E-state index in [4.69, 9.17) is 9.15 Å². The van der Waals surface area contributed by atoms with Crippen LogP contribution in [0.25, 0.3) is 22.2 Å². The van der Waals surface area contributed by atoms with Gasteiger partial charge in [0.1, 0.15) is 11.3 Å². The Hall–Kier alpha value is -3.22. The second kappa shape index (κ2) is 6.11. The van der Waals surface area contributed by atoms with Gasteiger partial charge in [-0.3, -0.25) is 10.1 Å². The fraction of sp³-hybridized carbons (Fsp3) is 0.176. The van der Waals surface area contributed by atoms with Crippen molar-refractivity contribution >= 4 is 22.8 Å². The first-order valence-electron chi connectivity index (χ1n) is 7.33. The molecule has 0 saturated carbocycles. The maximum absolute atomic E-state index is 12.3. The molecule has 7 nitrogen and oxygen atoms in total. The Balaban J connectivity index is 2.21. The fourth-order valence-corrected chi connectivity index (χ4v) is 2.59. The van der Waals surface area contributed by atoms with Gasteiger partial charge in [0.05, 0.1) is 16.9 Å². The molecule has 0 bridgehead atoms. The number of nitro groups is 1. The van der Waals surface area contributed by atoms with E-state index in [0.29, 0.717) is 28.0 Å². The molecule has 0 aliphatic heterocycles. The minimum absolute atomic E-state index is 0.00181. The predicted octanol–water partition coefficient (Wildman–Crippen LogP) is 3.89. The molecule has 122 valence electrons. The number of aryl methyl sites for hydroxylation is 1. The number of hydrogen-bond donors (Lipinski definition) is 0. The van der Waals surface area contributed by atoms with Gasteiger partial charge < -0.3 is 9.15 Å². The quantitative estimate of drug-likeness (QED) is 0.410. The molecule has 0 aliphatic rings. The van der Waals surface area contributed by atoms with E-state index in [-0.39, 0.29) is 12.3 Å². The first-order valence-corrected chi connectivity index (χ1v) is 7.33. The minimum Gasteiger partial charge on any atom is -0.462 e. The number of hydrogen-bond acceptors (Lipinski definition) is 6. The normalized spacial score (nSPS) is 10.8. The summed E-state index contributed by atoms with van der Waals surface area (Å²) in [5.41, 5.74) is 2.08. The average Bonchev–Trinajstić information content (AvgIpc) is 2.91. The molecule has 0 aliphatic carbocycles. The number of esters is 1. The number of ether oxygens (including phenoxy) is 1. The molecule has 0 fully saturated rings. The molecule has 0 radical (unpaired) electrons. The third-order valence-corrected chi connectivity index (χ3v) is 3.64. The fourth-order valence-electron chi connectivity index (χ4n) is 2.59. The highest BCUT2D eigenvalue weighted by atomic mass is 16.6. The van der Waals surface area contributed by atoms with Crippen LogP contribution >= 0.6 is 0 Å². The van der Waals surface area contributed by atoms with Crippen molar-refractivity contribution in [3.8, 4) is 11.1 Å². The smallest absolute Gasteiger partial charge is 0.342 e. The van der Waals surface area contributed by atoms with Crippen LogP contribution in [0.2, 0.25) is 0 Å². The Labute approximate surface area is 137 Å². The molecule has 3 rings (SSSR count). The molecule has 7 heteroatoms. The van der Waals surface area contributed by atoms with Gasteiger partial charge in [0.2, 0.25) is 5.71 Å². The largest absolute Gasteiger partial charge is 0.462 e. The highest BCUT2D eigenvalue weighted by Crippen LogP contribution is 2.34. The summed E-state index contributed by atoms with van der Waals surface area (Å²) in [5, 5.41) is 11.3. The van der Waals surface area contributed by atoms with Crippen LogP contribution in [-0.2, 0) is 4.74 Å². The second-order valence-corrected chi connectivity index (χ2v) is 5.10.